The van der Waals surface area contributed by atoms with E-state index >= 15 is 0 Å². The molecule has 0 atom stereocenters. The molecule has 1 aliphatic carbocycles. The standard InChI is InChI=1S/C29H31BrClN5O/c30-24-19-34-36-27(18-26(35-28(24)36)23-10-4-5-11-25(23)31)32-16-6-7-17-33-29(37)22-14-12-21(13-15-22)20-8-2-1-3-9-20/h4-5,10-15,18-20,32H,1-3,6-9,16-17H2,(H,33,37). The van der Waals surface area contributed by atoms with Crippen molar-refractivity contribution >= 4 is 44.9 Å². The summed E-state index contributed by atoms with van der Waals surface area (Å²) in [6, 6.07) is 17.8. The fraction of sp³-hybridized carbons (Fsp3) is 0.345. The lowest BCUT2D eigenvalue weighted by Gasteiger charge is -2.22. The molecule has 5 rings (SSSR count). The van der Waals surface area contributed by atoms with Crippen LogP contribution < -0.4 is 10.6 Å². The van der Waals surface area contributed by atoms with Crippen molar-refractivity contribution in [2.24, 2.45) is 0 Å². The molecule has 0 spiro atoms. The molecule has 2 aromatic carbocycles. The van der Waals surface area contributed by atoms with Gasteiger partial charge in [-0.05, 0) is 71.3 Å². The molecule has 1 fully saturated rings. The maximum Gasteiger partial charge on any atom is 0.251 e. The Morgan fingerprint density at radius 1 is 1.03 bits per heavy atom. The number of hydrogen-bond donors (Lipinski definition) is 2. The van der Waals surface area contributed by atoms with Gasteiger partial charge in [-0.2, -0.15) is 9.61 Å². The van der Waals surface area contributed by atoms with E-state index in [0.717, 1.165) is 52.1 Å². The smallest absolute Gasteiger partial charge is 0.251 e. The number of benzene rings is 2. The molecule has 0 bridgehead atoms. The lowest BCUT2D eigenvalue weighted by molar-refractivity contribution is 0.0953. The van der Waals surface area contributed by atoms with Crippen LogP contribution in [0.4, 0.5) is 5.82 Å². The van der Waals surface area contributed by atoms with Crippen molar-refractivity contribution in [3.05, 3.63) is 81.4 Å². The Morgan fingerprint density at radius 2 is 1.78 bits per heavy atom. The maximum atomic E-state index is 12.6. The Balaban J connectivity index is 1.13. The molecular formula is C29H31BrClN5O. The molecule has 192 valence electrons. The molecule has 4 aromatic rings. The average molecular weight is 581 g/mol. The van der Waals surface area contributed by atoms with E-state index in [9.17, 15) is 4.79 Å². The third kappa shape index (κ3) is 6.16. The zero-order chi connectivity index (χ0) is 25.6. The number of anilines is 1. The predicted molar refractivity (Wildman–Crippen MR) is 153 cm³/mol. The van der Waals surface area contributed by atoms with E-state index in [4.69, 9.17) is 16.6 Å². The van der Waals surface area contributed by atoms with E-state index in [0.29, 0.717) is 17.5 Å². The molecule has 1 saturated carbocycles. The fourth-order valence-corrected chi connectivity index (χ4v) is 5.56. The summed E-state index contributed by atoms with van der Waals surface area (Å²) in [5.74, 6) is 1.49. The van der Waals surface area contributed by atoms with Gasteiger partial charge in [0.05, 0.1) is 16.4 Å². The van der Waals surface area contributed by atoms with Crippen LogP contribution in [0, 0.1) is 0 Å². The van der Waals surface area contributed by atoms with Crippen LogP contribution in [-0.2, 0) is 0 Å². The molecule has 1 amide bonds. The number of rotatable bonds is 9. The number of aromatic nitrogens is 3. The van der Waals surface area contributed by atoms with Gasteiger partial charge < -0.3 is 10.6 Å². The first kappa shape index (κ1) is 25.7. The molecule has 0 unspecified atom stereocenters. The van der Waals surface area contributed by atoms with Crippen molar-refractivity contribution < 1.29 is 4.79 Å². The Hall–Kier alpha value is -2.90. The van der Waals surface area contributed by atoms with Crippen molar-refractivity contribution in [3.8, 4) is 11.3 Å². The van der Waals surface area contributed by atoms with Gasteiger partial charge in [-0.25, -0.2) is 4.98 Å². The predicted octanol–water partition coefficient (Wildman–Crippen LogP) is 7.48. The Labute approximate surface area is 231 Å². The summed E-state index contributed by atoms with van der Waals surface area (Å²) < 4.78 is 2.60. The highest BCUT2D eigenvalue weighted by atomic mass is 79.9. The monoisotopic (exact) mass is 579 g/mol. The van der Waals surface area contributed by atoms with E-state index in [-0.39, 0.29) is 5.91 Å². The Morgan fingerprint density at radius 3 is 2.57 bits per heavy atom. The maximum absolute atomic E-state index is 12.6. The SMILES string of the molecule is O=C(NCCCCNc1cc(-c2ccccc2Cl)nc2c(Br)cnn12)c1ccc(C2CCCCC2)cc1. The van der Waals surface area contributed by atoms with Crippen molar-refractivity contribution in [1.82, 2.24) is 19.9 Å². The number of fused-ring (bicyclic) bond motifs is 1. The summed E-state index contributed by atoms with van der Waals surface area (Å²) in [4.78, 5) is 17.3. The van der Waals surface area contributed by atoms with Gasteiger partial charge in [0.2, 0.25) is 0 Å². The molecule has 0 radical (unpaired) electrons. The molecule has 6 nitrogen and oxygen atoms in total. The molecule has 0 saturated heterocycles. The van der Waals surface area contributed by atoms with Gasteiger partial charge in [0.15, 0.2) is 5.65 Å². The van der Waals surface area contributed by atoms with Gasteiger partial charge >= 0.3 is 0 Å². The molecule has 8 heteroatoms. The van der Waals surface area contributed by atoms with Crippen molar-refractivity contribution in [3.63, 3.8) is 0 Å². The summed E-state index contributed by atoms with van der Waals surface area (Å²) in [5.41, 5.74) is 4.48. The summed E-state index contributed by atoms with van der Waals surface area (Å²) in [6.45, 7) is 1.37. The first-order chi connectivity index (χ1) is 18.1. The van der Waals surface area contributed by atoms with Crippen LogP contribution >= 0.6 is 27.5 Å². The molecule has 0 aliphatic heterocycles. The van der Waals surface area contributed by atoms with E-state index in [1.54, 1.807) is 10.7 Å². The Bertz CT molecular complexity index is 1360. The highest BCUT2D eigenvalue weighted by molar-refractivity contribution is 9.10. The highest BCUT2D eigenvalue weighted by Crippen LogP contribution is 2.33. The minimum atomic E-state index is -0.00947. The van der Waals surface area contributed by atoms with E-state index in [2.05, 4.69) is 43.8 Å². The lowest BCUT2D eigenvalue weighted by atomic mass is 9.84. The zero-order valence-corrected chi connectivity index (χ0v) is 23.1. The van der Waals surface area contributed by atoms with E-state index in [1.807, 2.05) is 42.5 Å². The van der Waals surface area contributed by atoms with Crippen molar-refractivity contribution in [2.45, 2.75) is 50.9 Å². The van der Waals surface area contributed by atoms with E-state index in [1.165, 1.54) is 37.7 Å². The van der Waals surface area contributed by atoms with Gasteiger partial charge in [-0.3, -0.25) is 4.79 Å². The fourth-order valence-electron chi connectivity index (χ4n) is 4.98. The second kappa shape index (κ2) is 12.1. The minimum Gasteiger partial charge on any atom is -0.370 e. The van der Waals surface area contributed by atoms with Crippen molar-refractivity contribution in [1.29, 1.82) is 0 Å². The molecule has 37 heavy (non-hydrogen) atoms. The number of carbonyl (C=O) groups is 1. The van der Waals surface area contributed by atoms with Gasteiger partial charge in [0.25, 0.3) is 5.91 Å². The number of unbranched alkanes of at least 4 members (excludes halogenated alkanes) is 1. The number of hydrogen-bond acceptors (Lipinski definition) is 4. The first-order valence-electron chi connectivity index (χ1n) is 13.0. The third-order valence-corrected chi connectivity index (χ3v) is 7.91. The Kier molecular flexibility index (Phi) is 8.41. The summed E-state index contributed by atoms with van der Waals surface area (Å²) in [7, 11) is 0. The van der Waals surface area contributed by atoms with Crippen LogP contribution in [0.15, 0.2) is 65.3 Å². The van der Waals surface area contributed by atoms with Crippen LogP contribution in [0.3, 0.4) is 0 Å². The summed E-state index contributed by atoms with van der Waals surface area (Å²) >= 11 is 9.96. The topological polar surface area (TPSA) is 71.3 Å². The third-order valence-electron chi connectivity index (χ3n) is 7.02. The first-order valence-corrected chi connectivity index (χ1v) is 14.2. The normalized spacial score (nSPS) is 14.1. The van der Waals surface area contributed by atoms with Gasteiger partial charge in [-0.1, -0.05) is 61.2 Å². The van der Waals surface area contributed by atoms with Gasteiger partial charge in [0, 0.05) is 35.3 Å². The van der Waals surface area contributed by atoms with Crippen LogP contribution in [0.5, 0.6) is 0 Å². The van der Waals surface area contributed by atoms with Crippen LogP contribution in [-0.4, -0.2) is 33.6 Å². The number of nitrogens with zero attached hydrogens (tertiary/aromatic N) is 3. The molecule has 1 aliphatic rings. The second-order valence-electron chi connectivity index (χ2n) is 9.58. The summed E-state index contributed by atoms with van der Waals surface area (Å²) in [5, 5.41) is 11.6. The zero-order valence-electron chi connectivity index (χ0n) is 20.7. The number of halogens is 2. The number of amides is 1. The second-order valence-corrected chi connectivity index (χ2v) is 10.8. The molecule has 2 aromatic heterocycles. The van der Waals surface area contributed by atoms with Crippen LogP contribution in [0.2, 0.25) is 5.02 Å². The van der Waals surface area contributed by atoms with Crippen molar-refractivity contribution in [2.75, 3.05) is 18.4 Å². The molecule has 2 heterocycles. The number of nitrogens with one attached hydrogen (secondary N) is 2. The van der Waals surface area contributed by atoms with Gasteiger partial charge in [-0.15, -0.1) is 0 Å². The van der Waals surface area contributed by atoms with Gasteiger partial charge in [0.1, 0.15) is 5.82 Å². The number of carbonyl (C=O) groups excluding carboxylic acids is 1. The van der Waals surface area contributed by atoms with Crippen LogP contribution in [0.1, 0.15) is 66.8 Å². The molecule has 2 N–H and O–H groups in total. The summed E-state index contributed by atoms with van der Waals surface area (Å²) in [6.07, 6.45) is 10.0. The average Bonchev–Trinajstić information content (AvgIpc) is 3.32. The molecular weight excluding hydrogens is 550 g/mol. The lowest BCUT2D eigenvalue weighted by Crippen LogP contribution is -2.24. The minimum absolute atomic E-state index is 0.00947. The quantitative estimate of drug-likeness (QED) is 0.201. The highest BCUT2D eigenvalue weighted by Gasteiger charge is 2.16. The largest absolute Gasteiger partial charge is 0.370 e. The van der Waals surface area contributed by atoms with E-state index < -0.39 is 0 Å². The van der Waals surface area contributed by atoms with Crippen LogP contribution in [0.25, 0.3) is 16.9 Å².